The average molecular weight is 723 g/mol. The van der Waals surface area contributed by atoms with Gasteiger partial charge in [0.25, 0.3) is 0 Å². The number of nitrogens with zero attached hydrogens (tertiary/aromatic N) is 4. The zero-order chi connectivity index (χ0) is 32.5. The SMILES string of the molecule is CCCc1nn(-c2[c-]c(Oc3[c-]c4c(cc3)c3ccccc3n4-c3cc(C)ccn3)ccc2)c(C(C)CC)c1-c1ccc(CC)cc1.[Pd+2]. The van der Waals surface area contributed by atoms with Gasteiger partial charge in [-0.1, -0.05) is 82.1 Å². The Bertz CT molecular complexity index is 2190. The minimum absolute atomic E-state index is 0. The molecule has 6 heteroatoms. The number of hydrogen-bond donors (Lipinski definition) is 0. The second-order valence-corrected chi connectivity index (χ2v) is 12.4. The van der Waals surface area contributed by atoms with E-state index >= 15 is 0 Å². The van der Waals surface area contributed by atoms with Gasteiger partial charge < -0.3 is 9.30 Å². The van der Waals surface area contributed by atoms with E-state index in [0.29, 0.717) is 17.4 Å². The number of hydrogen-bond acceptors (Lipinski definition) is 3. The molecule has 0 fully saturated rings. The summed E-state index contributed by atoms with van der Waals surface area (Å²) in [6.45, 7) is 11.0. The predicted molar refractivity (Wildman–Crippen MR) is 192 cm³/mol. The molecule has 7 rings (SSSR count). The van der Waals surface area contributed by atoms with Crippen LogP contribution < -0.4 is 4.74 Å². The zero-order valence-corrected chi connectivity index (χ0v) is 29.7. The summed E-state index contributed by atoms with van der Waals surface area (Å²) in [6.07, 6.45) is 5.82. The van der Waals surface area contributed by atoms with Crippen LogP contribution in [0.1, 0.15) is 69.0 Å². The third kappa shape index (κ3) is 6.23. The minimum Gasteiger partial charge on any atom is -0.509 e. The molecule has 3 aromatic heterocycles. The van der Waals surface area contributed by atoms with Crippen molar-refractivity contribution in [1.82, 2.24) is 19.3 Å². The molecule has 0 aliphatic carbocycles. The van der Waals surface area contributed by atoms with Crippen LogP contribution in [-0.2, 0) is 33.3 Å². The van der Waals surface area contributed by atoms with E-state index in [1.54, 1.807) is 0 Å². The fourth-order valence-electron chi connectivity index (χ4n) is 6.50. The third-order valence-corrected chi connectivity index (χ3v) is 9.10. The summed E-state index contributed by atoms with van der Waals surface area (Å²) in [4.78, 5) is 4.71. The molecule has 0 bridgehead atoms. The van der Waals surface area contributed by atoms with Crippen molar-refractivity contribution in [2.24, 2.45) is 0 Å². The molecule has 1 atom stereocenters. The maximum atomic E-state index is 6.49. The van der Waals surface area contributed by atoms with Gasteiger partial charge in [-0.25, -0.2) is 4.98 Å². The molecular weight excluding hydrogens is 683 g/mol. The number of aromatic nitrogens is 4. The first-order valence-corrected chi connectivity index (χ1v) is 16.8. The molecule has 0 amide bonds. The van der Waals surface area contributed by atoms with Gasteiger partial charge in [-0.15, -0.1) is 35.7 Å². The maximum absolute atomic E-state index is 6.49. The first-order chi connectivity index (χ1) is 23.0. The molecule has 48 heavy (non-hydrogen) atoms. The second-order valence-electron chi connectivity index (χ2n) is 12.4. The van der Waals surface area contributed by atoms with Crippen molar-refractivity contribution >= 4 is 21.8 Å². The van der Waals surface area contributed by atoms with Gasteiger partial charge in [0.15, 0.2) is 0 Å². The molecule has 3 heterocycles. The van der Waals surface area contributed by atoms with Gasteiger partial charge in [0.05, 0.1) is 11.4 Å². The Hall–Kier alpha value is -4.50. The van der Waals surface area contributed by atoms with Crippen molar-refractivity contribution in [3.63, 3.8) is 0 Å². The number of pyridine rings is 1. The summed E-state index contributed by atoms with van der Waals surface area (Å²) in [5, 5.41) is 7.49. The Kier molecular flexibility index (Phi) is 9.97. The molecule has 0 aliphatic heterocycles. The Labute approximate surface area is 297 Å². The first-order valence-electron chi connectivity index (χ1n) is 16.8. The largest absolute Gasteiger partial charge is 2.00 e. The van der Waals surface area contributed by atoms with E-state index in [0.717, 1.165) is 70.3 Å². The smallest absolute Gasteiger partial charge is 0.509 e. The van der Waals surface area contributed by atoms with E-state index in [2.05, 4.69) is 123 Å². The van der Waals surface area contributed by atoms with Crippen LogP contribution in [0.3, 0.4) is 0 Å². The fraction of sp³-hybridized carbons (Fsp3) is 0.238. The summed E-state index contributed by atoms with van der Waals surface area (Å²) >= 11 is 0. The normalized spacial score (nSPS) is 11.9. The maximum Gasteiger partial charge on any atom is 2.00 e. The number of rotatable bonds is 10. The van der Waals surface area contributed by atoms with Gasteiger partial charge in [0.2, 0.25) is 0 Å². The van der Waals surface area contributed by atoms with Crippen molar-refractivity contribution in [3.8, 4) is 34.1 Å². The van der Waals surface area contributed by atoms with Crippen LogP contribution in [0.25, 0.3) is 44.4 Å². The van der Waals surface area contributed by atoms with Crippen LogP contribution >= 0.6 is 0 Å². The molecule has 0 saturated heterocycles. The standard InChI is InChI=1S/C42H40N4O.Pd/c1-6-12-37-41(31-19-17-30(8-3)18-20-31)42(29(5)7-2)46(44-37)32-13-11-14-33(26-32)47-34-21-22-36-35-15-9-10-16-38(35)45(39(36)27-34)40-25-28(4)23-24-43-40;/h9-11,13-25,29H,6-8,12H2,1-5H3;/q-2;+2. The van der Waals surface area contributed by atoms with Crippen molar-refractivity contribution in [2.45, 2.75) is 66.2 Å². The molecule has 0 spiro atoms. The van der Waals surface area contributed by atoms with Crippen molar-refractivity contribution in [2.75, 3.05) is 0 Å². The Morgan fingerprint density at radius 2 is 1.62 bits per heavy atom. The van der Waals surface area contributed by atoms with E-state index in [1.165, 1.54) is 22.4 Å². The van der Waals surface area contributed by atoms with E-state index in [4.69, 9.17) is 14.8 Å². The molecule has 0 aliphatic rings. The molecule has 0 saturated carbocycles. The molecule has 7 aromatic rings. The van der Waals surface area contributed by atoms with Crippen molar-refractivity contribution in [3.05, 3.63) is 132 Å². The number of benzene rings is 4. The predicted octanol–water partition coefficient (Wildman–Crippen LogP) is 10.8. The van der Waals surface area contributed by atoms with E-state index < -0.39 is 0 Å². The summed E-state index contributed by atoms with van der Waals surface area (Å²) in [5.74, 6) is 2.40. The molecule has 1 unspecified atom stereocenters. The first kappa shape index (κ1) is 33.4. The van der Waals surface area contributed by atoms with Gasteiger partial charge in [0, 0.05) is 28.8 Å². The number of ether oxygens (including phenoxy) is 1. The Morgan fingerprint density at radius 3 is 2.38 bits per heavy atom. The third-order valence-electron chi connectivity index (χ3n) is 9.10. The van der Waals surface area contributed by atoms with Crippen LogP contribution in [0, 0.1) is 19.1 Å². The summed E-state index contributed by atoms with van der Waals surface area (Å²) < 4.78 is 10.8. The molecule has 0 N–H and O–H groups in total. The van der Waals surface area contributed by atoms with Crippen LogP contribution in [0.4, 0.5) is 0 Å². The van der Waals surface area contributed by atoms with Gasteiger partial charge in [-0.2, -0.15) is 17.2 Å². The fourth-order valence-corrected chi connectivity index (χ4v) is 6.50. The molecule has 4 aromatic carbocycles. The number of para-hydroxylation sites is 1. The summed E-state index contributed by atoms with van der Waals surface area (Å²) in [7, 11) is 0. The Morgan fingerprint density at radius 1 is 0.833 bits per heavy atom. The summed E-state index contributed by atoms with van der Waals surface area (Å²) in [5.41, 5.74) is 10.2. The molecule has 244 valence electrons. The van der Waals surface area contributed by atoms with E-state index in [1.807, 2.05) is 30.5 Å². The minimum atomic E-state index is 0. The summed E-state index contributed by atoms with van der Waals surface area (Å²) in [6, 6.07) is 38.8. The quantitative estimate of drug-likeness (QED) is 0.104. The van der Waals surface area contributed by atoms with Gasteiger partial charge in [0.1, 0.15) is 5.82 Å². The molecule has 5 nitrogen and oxygen atoms in total. The van der Waals surface area contributed by atoms with Crippen LogP contribution in [-0.4, -0.2) is 19.3 Å². The molecular formula is C42H40N4OPd. The van der Waals surface area contributed by atoms with Gasteiger partial charge in [-0.3, -0.25) is 4.68 Å². The van der Waals surface area contributed by atoms with E-state index in [-0.39, 0.29) is 20.4 Å². The molecule has 0 radical (unpaired) electrons. The van der Waals surface area contributed by atoms with Crippen molar-refractivity contribution in [1.29, 1.82) is 0 Å². The van der Waals surface area contributed by atoms with E-state index in [9.17, 15) is 0 Å². The van der Waals surface area contributed by atoms with Gasteiger partial charge >= 0.3 is 20.4 Å². The zero-order valence-electron chi connectivity index (χ0n) is 28.2. The number of fused-ring (bicyclic) bond motifs is 3. The second kappa shape index (κ2) is 14.3. The topological polar surface area (TPSA) is 44.9 Å². The Balaban J connectivity index is 0.00000401. The number of aryl methyl sites for hydroxylation is 3. The van der Waals surface area contributed by atoms with Crippen LogP contribution in [0.2, 0.25) is 0 Å². The van der Waals surface area contributed by atoms with Crippen LogP contribution in [0.5, 0.6) is 11.5 Å². The average Bonchev–Trinajstić information content (AvgIpc) is 3.64. The monoisotopic (exact) mass is 722 g/mol. The van der Waals surface area contributed by atoms with Crippen LogP contribution in [0.15, 0.2) is 97.2 Å². The van der Waals surface area contributed by atoms with Gasteiger partial charge in [-0.05, 0) is 78.1 Å². The van der Waals surface area contributed by atoms with Crippen molar-refractivity contribution < 1.29 is 25.2 Å².